The topological polar surface area (TPSA) is 33.1 Å². The van der Waals surface area contributed by atoms with Crippen LogP contribution >= 0.6 is 27.5 Å². The molecule has 0 radical (unpaired) electrons. The van der Waals surface area contributed by atoms with Crippen LogP contribution in [0.25, 0.3) is 0 Å². The molecule has 0 amide bonds. The van der Waals surface area contributed by atoms with Crippen LogP contribution in [-0.2, 0) is 12.6 Å². The van der Waals surface area contributed by atoms with Crippen molar-refractivity contribution in [3.8, 4) is 0 Å². The lowest BCUT2D eigenvalue weighted by atomic mass is 10.00. The molecule has 0 spiro atoms. The molecular formula is C14H10BrClF3NO. The van der Waals surface area contributed by atoms with Gasteiger partial charge in [-0.15, -0.1) is 0 Å². The molecule has 1 atom stereocenters. The third-order valence-electron chi connectivity index (χ3n) is 2.95. The molecule has 0 aliphatic carbocycles. The number of halogens is 5. The summed E-state index contributed by atoms with van der Waals surface area (Å²) in [5, 5.41) is 10.6. The monoisotopic (exact) mass is 379 g/mol. The van der Waals surface area contributed by atoms with Crippen LogP contribution in [0.2, 0.25) is 5.02 Å². The summed E-state index contributed by atoms with van der Waals surface area (Å²) in [6.45, 7) is 0. The third kappa shape index (κ3) is 3.96. The summed E-state index contributed by atoms with van der Waals surface area (Å²) in [6.07, 6.45) is -2.54. The van der Waals surface area contributed by atoms with Crippen LogP contribution < -0.4 is 0 Å². The smallest absolute Gasteiger partial charge is 0.388 e. The number of aliphatic hydroxyl groups is 1. The van der Waals surface area contributed by atoms with E-state index in [-0.39, 0.29) is 12.0 Å². The van der Waals surface area contributed by atoms with Gasteiger partial charge in [-0.25, -0.2) is 0 Å². The maximum Gasteiger partial charge on any atom is 0.416 e. The molecule has 112 valence electrons. The Morgan fingerprint density at radius 2 is 2.00 bits per heavy atom. The fourth-order valence-electron chi connectivity index (χ4n) is 1.86. The van der Waals surface area contributed by atoms with Gasteiger partial charge in [0.1, 0.15) is 0 Å². The van der Waals surface area contributed by atoms with E-state index in [1.807, 2.05) is 0 Å². The van der Waals surface area contributed by atoms with Crippen molar-refractivity contribution < 1.29 is 18.3 Å². The Morgan fingerprint density at radius 3 is 2.62 bits per heavy atom. The van der Waals surface area contributed by atoms with Crippen LogP contribution in [0.15, 0.2) is 41.1 Å². The number of hydrogen-bond donors (Lipinski definition) is 1. The Bertz CT molecular complexity index is 648. The van der Waals surface area contributed by atoms with E-state index in [1.54, 1.807) is 6.07 Å². The first kappa shape index (κ1) is 16.3. The number of hydrogen-bond acceptors (Lipinski definition) is 2. The highest BCUT2D eigenvalue weighted by Gasteiger charge is 2.31. The van der Waals surface area contributed by atoms with Gasteiger partial charge in [-0.2, -0.15) is 13.2 Å². The standard InChI is InChI=1S/C14H10BrClF3NO/c15-11-2-1-9(14(17,18)19)6-10(11)13(21)5-8-3-4-20-7-12(8)16/h1-4,6-7,13,21H,5H2. The first-order valence-electron chi connectivity index (χ1n) is 5.92. The van der Waals surface area contributed by atoms with Gasteiger partial charge in [-0.3, -0.25) is 4.98 Å². The number of nitrogens with zero attached hydrogens (tertiary/aromatic N) is 1. The maximum absolute atomic E-state index is 12.7. The number of aromatic nitrogens is 1. The summed E-state index contributed by atoms with van der Waals surface area (Å²) in [4.78, 5) is 3.82. The highest BCUT2D eigenvalue weighted by molar-refractivity contribution is 9.10. The highest BCUT2D eigenvalue weighted by Crippen LogP contribution is 2.35. The molecule has 7 heteroatoms. The van der Waals surface area contributed by atoms with Crippen LogP contribution in [0.3, 0.4) is 0 Å². The fraction of sp³-hybridized carbons (Fsp3) is 0.214. The van der Waals surface area contributed by atoms with Gasteiger partial charge in [0, 0.05) is 23.3 Å². The Hall–Kier alpha value is -1.11. The van der Waals surface area contributed by atoms with Gasteiger partial charge in [0.05, 0.1) is 16.7 Å². The molecule has 0 fully saturated rings. The van der Waals surface area contributed by atoms with Gasteiger partial charge in [0.2, 0.25) is 0 Å². The van der Waals surface area contributed by atoms with Crippen LogP contribution in [0.4, 0.5) is 13.2 Å². The predicted molar refractivity (Wildman–Crippen MR) is 77.1 cm³/mol. The van der Waals surface area contributed by atoms with E-state index in [0.717, 1.165) is 12.1 Å². The average molecular weight is 381 g/mol. The minimum atomic E-state index is -4.45. The Balaban J connectivity index is 2.31. The molecule has 2 rings (SSSR count). The summed E-state index contributed by atoms with van der Waals surface area (Å²) in [5.74, 6) is 0. The normalized spacial score (nSPS) is 13.2. The predicted octanol–water partition coefficient (Wildman–Crippen LogP) is 4.79. The van der Waals surface area contributed by atoms with E-state index >= 15 is 0 Å². The number of rotatable bonds is 3. The number of benzene rings is 1. The third-order valence-corrected chi connectivity index (χ3v) is 4.01. The first-order valence-corrected chi connectivity index (χ1v) is 7.09. The van der Waals surface area contributed by atoms with Crippen LogP contribution in [0.5, 0.6) is 0 Å². The zero-order valence-corrected chi connectivity index (χ0v) is 12.9. The summed E-state index contributed by atoms with van der Waals surface area (Å²) in [5.41, 5.74) is -0.0262. The van der Waals surface area contributed by atoms with Crippen molar-refractivity contribution in [3.05, 3.63) is 62.8 Å². The van der Waals surface area contributed by atoms with Crippen molar-refractivity contribution in [2.45, 2.75) is 18.7 Å². The minimum Gasteiger partial charge on any atom is -0.388 e. The van der Waals surface area contributed by atoms with E-state index in [0.29, 0.717) is 15.1 Å². The van der Waals surface area contributed by atoms with Gasteiger partial charge >= 0.3 is 6.18 Å². The van der Waals surface area contributed by atoms with Crippen molar-refractivity contribution in [1.82, 2.24) is 4.98 Å². The van der Waals surface area contributed by atoms with Crippen LogP contribution in [-0.4, -0.2) is 10.1 Å². The van der Waals surface area contributed by atoms with E-state index in [2.05, 4.69) is 20.9 Å². The molecule has 1 aromatic carbocycles. The van der Waals surface area contributed by atoms with Crippen molar-refractivity contribution >= 4 is 27.5 Å². The van der Waals surface area contributed by atoms with Gasteiger partial charge in [0.15, 0.2) is 0 Å². The van der Waals surface area contributed by atoms with Gasteiger partial charge in [-0.05, 0) is 35.4 Å². The van der Waals surface area contributed by atoms with Crippen molar-refractivity contribution in [2.24, 2.45) is 0 Å². The van der Waals surface area contributed by atoms with Crippen molar-refractivity contribution in [2.75, 3.05) is 0 Å². The average Bonchev–Trinajstić information content (AvgIpc) is 2.40. The summed E-state index contributed by atoms with van der Waals surface area (Å²) >= 11 is 9.09. The summed E-state index contributed by atoms with van der Waals surface area (Å²) in [7, 11) is 0. The lowest BCUT2D eigenvalue weighted by Crippen LogP contribution is -2.09. The summed E-state index contributed by atoms with van der Waals surface area (Å²) in [6, 6.07) is 4.78. The fourth-order valence-corrected chi connectivity index (χ4v) is 2.57. The molecule has 0 aliphatic heterocycles. The molecule has 2 nitrogen and oxygen atoms in total. The molecule has 21 heavy (non-hydrogen) atoms. The Kier molecular flexibility index (Phi) is 4.91. The number of pyridine rings is 1. The molecule has 2 aromatic rings. The second-order valence-corrected chi connectivity index (χ2v) is 5.68. The van der Waals surface area contributed by atoms with E-state index in [9.17, 15) is 18.3 Å². The molecular weight excluding hydrogens is 371 g/mol. The molecule has 1 aromatic heterocycles. The summed E-state index contributed by atoms with van der Waals surface area (Å²) < 4.78 is 38.6. The number of aliphatic hydroxyl groups excluding tert-OH is 1. The molecule has 0 saturated heterocycles. The Labute approximate surface area is 132 Å². The van der Waals surface area contributed by atoms with Gasteiger partial charge < -0.3 is 5.11 Å². The second-order valence-electron chi connectivity index (χ2n) is 4.42. The molecule has 1 heterocycles. The first-order chi connectivity index (χ1) is 9.79. The van der Waals surface area contributed by atoms with Gasteiger partial charge in [0.25, 0.3) is 0 Å². The van der Waals surface area contributed by atoms with E-state index < -0.39 is 17.8 Å². The lowest BCUT2D eigenvalue weighted by molar-refractivity contribution is -0.137. The largest absolute Gasteiger partial charge is 0.416 e. The van der Waals surface area contributed by atoms with Crippen molar-refractivity contribution in [3.63, 3.8) is 0 Å². The molecule has 1 N–H and O–H groups in total. The SMILES string of the molecule is OC(Cc1ccncc1Cl)c1cc(C(F)(F)F)ccc1Br. The van der Waals surface area contributed by atoms with E-state index in [1.165, 1.54) is 18.5 Å². The van der Waals surface area contributed by atoms with Crippen LogP contribution in [0.1, 0.15) is 22.8 Å². The lowest BCUT2D eigenvalue weighted by Gasteiger charge is -2.16. The van der Waals surface area contributed by atoms with Gasteiger partial charge in [-0.1, -0.05) is 27.5 Å². The zero-order valence-electron chi connectivity index (χ0n) is 10.5. The Morgan fingerprint density at radius 1 is 1.29 bits per heavy atom. The molecule has 1 unspecified atom stereocenters. The van der Waals surface area contributed by atoms with Crippen LogP contribution in [0, 0.1) is 0 Å². The highest BCUT2D eigenvalue weighted by atomic mass is 79.9. The maximum atomic E-state index is 12.7. The zero-order chi connectivity index (χ0) is 15.6. The second kappa shape index (κ2) is 6.34. The molecule has 0 aliphatic rings. The molecule has 0 saturated carbocycles. The molecule has 0 bridgehead atoms. The van der Waals surface area contributed by atoms with E-state index in [4.69, 9.17) is 11.6 Å². The number of alkyl halides is 3. The quantitative estimate of drug-likeness (QED) is 0.830. The van der Waals surface area contributed by atoms with Crippen molar-refractivity contribution in [1.29, 1.82) is 0 Å². The minimum absolute atomic E-state index is 0.0985.